The Labute approximate surface area is 122 Å². The zero-order chi connectivity index (χ0) is 15.4. The van der Waals surface area contributed by atoms with Crippen molar-refractivity contribution in [2.75, 3.05) is 27.4 Å². The Kier molecular flexibility index (Phi) is 5.00. The van der Waals surface area contributed by atoms with E-state index < -0.39 is 6.10 Å². The van der Waals surface area contributed by atoms with Gasteiger partial charge in [-0.05, 0) is 6.54 Å². The number of hydrogen-bond donors (Lipinski definition) is 3. The molecule has 4 N–H and O–H groups in total. The summed E-state index contributed by atoms with van der Waals surface area (Å²) in [5, 5.41) is 18.8. The third-order valence-electron chi connectivity index (χ3n) is 3.30. The Hall–Kier alpha value is -1.83. The lowest BCUT2D eigenvalue weighted by Crippen LogP contribution is -2.22. The van der Waals surface area contributed by atoms with Gasteiger partial charge < -0.3 is 30.0 Å². The Morgan fingerprint density at radius 3 is 2.52 bits per heavy atom. The fourth-order valence-corrected chi connectivity index (χ4v) is 2.29. The van der Waals surface area contributed by atoms with Crippen LogP contribution < -0.4 is 15.2 Å². The number of methoxy groups -OCH3 is 2. The molecule has 21 heavy (non-hydrogen) atoms. The summed E-state index contributed by atoms with van der Waals surface area (Å²) in [6, 6.07) is 3.60. The minimum absolute atomic E-state index is 0.248. The molecule has 7 heteroatoms. The molecule has 7 nitrogen and oxygen atoms in total. The molecule has 0 radical (unpaired) electrons. The monoisotopic (exact) mass is 295 g/mol. The van der Waals surface area contributed by atoms with Crippen molar-refractivity contribution in [1.29, 1.82) is 0 Å². The van der Waals surface area contributed by atoms with Crippen LogP contribution in [0.2, 0.25) is 0 Å². The van der Waals surface area contributed by atoms with Gasteiger partial charge in [-0.3, -0.25) is 0 Å². The van der Waals surface area contributed by atoms with Crippen LogP contribution in [0.5, 0.6) is 11.5 Å². The number of fused-ring (bicyclic) bond motifs is 1. The van der Waals surface area contributed by atoms with Gasteiger partial charge in [-0.15, -0.1) is 0 Å². The van der Waals surface area contributed by atoms with Gasteiger partial charge in [0.05, 0.1) is 44.5 Å². The molecular formula is C14H21N3O4. The Morgan fingerprint density at radius 1 is 1.29 bits per heavy atom. The first-order chi connectivity index (χ1) is 10.1. The van der Waals surface area contributed by atoms with Gasteiger partial charge in [0.25, 0.3) is 0 Å². The molecule has 0 aliphatic rings. The fourth-order valence-electron chi connectivity index (χ4n) is 2.29. The number of imidazole rings is 1. The molecule has 0 aliphatic carbocycles. The number of ether oxygens (including phenoxy) is 2. The van der Waals surface area contributed by atoms with Crippen LogP contribution in [0.3, 0.4) is 0 Å². The van der Waals surface area contributed by atoms with Gasteiger partial charge in [0, 0.05) is 18.6 Å². The Morgan fingerprint density at radius 2 is 1.95 bits per heavy atom. The predicted molar refractivity (Wildman–Crippen MR) is 78.7 cm³/mol. The van der Waals surface area contributed by atoms with Gasteiger partial charge in [0.15, 0.2) is 11.5 Å². The highest BCUT2D eigenvalue weighted by Gasteiger charge is 2.16. The highest BCUT2D eigenvalue weighted by atomic mass is 16.5. The smallest absolute Gasteiger partial charge is 0.163 e. The lowest BCUT2D eigenvalue weighted by molar-refractivity contribution is 0.0814. The van der Waals surface area contributed by atoms with Crippen LogP contribution in [0, 0.1) is 0 Å². The van der Waals surface area contributed by atoms with Crippen LogP contribution in [0.25, 0.3) is 11.0 Å². The summed E-state index contributed by atoms with van der Waals surface area (Å²) in [4.78, 5) is 4.53. The first-order valence-electron chi connectivity index (χ1n) is 6.74. The quantitative estimate of drug-likeness (QED) is 0.659. The molecule has 0 saturated heterocycles. The van der Waals surface area contributed by atoms with Crippen LogP contribution >= 0.6 is 0 Å². The van der Waals surface area contributed by atoms with E-state index in [4.69, 9.17) is 20.3 Å². The highest BCUT2D eigenvalue weighted by Crippen LogP contribution is 2.32. The number of benzene rings is 1. The van der Waals surface area contributed by atoms with Crippen molar-refractivity contribution in [1.82, 2.24) is 9.55 Å². The summed E-state index contributed by atoms with van der Waals surface area (Å²) >= 11 is 0. The van der Waals surface area contributed by atoms with E-state index in [0.29, 0.717) is 24.5 Å². The van der Waals surface area contributed by atoms with Gasteiger partial charge in [-0.1, -0.05) is 0 Å². The molecule has 0 saturated carbocycles. The lowest BCUT2D eigenvalue weighted by atomic mass is 10.2. The van der Waals surface area contributed by atoms with Gasteiger partial charge in [0.2, 0.25) is 0 Å². The standard InChI is InChI=1S/C14H21N3O4/c1-20-12-5-10-11(6-13(12)21-2)17(7-9(19)8-18)14(16-10)3-4-15/h5-6,9,18-19H,3-4,7-8,15H2,1-2H3. The van der Waals surface area contributed by atoms with Crippen molar-refractivity contribution in [2.45, 2.75) is 19.1 Å². The summed E-state index contributed by atoms with van der Waals surface area (Å²) in [7, 11) is 3.13. The van der Waals surface area contributed by atoms with E-state index in [1.165, 1.54) is 0 Å². The van der Waals surface area contributed by atoms with Gasteiger partial charge in [-0.2, -0.15) is 0 Å². The molecule has 2 aromatic rings. The van der Waals surface area contributed by atoms with Crippen LogP contribution in [-0.2, 0) is 13.0 Å². The predicted octanol–water partition coefficient (Wildman–Crippen LogP) is -0.0921. The number of nitrogens with zero attached hydrogens (tertiary/aromatic N) is 2. The molecule has 2 rings (SSSR count). The molecule has 116 valence electrons. The first-order valence-corrected chi connectivity index (χ1v) is 6.74. The van der Waals surface area contributed by atoms with Crippen molar-refractivity contribution >= 4 is 11.0 Å². The van der Waals surface area contributed by atoms with Crippen molar-refractivity contribution < 1.29 is 19.7 Å². The molecule has 0 bridgehead atoms. The summed E-state index contributed by atoms with van der Waals surface area (Å²) < 4.78 is 12.4. The average molecular weight is 295 g/mol. The van der Waals surface area contributed by atoms with Crippen molar-refractivity contribution in [3.05, 3.63) is 18.0 Å². The molecule has 0 spiro atoms. The number of hydrogen-bond acceptors (Lipinski definition) is 6. The van der Waals surface area contributed by atoms with E-state index >= 15 is 0 Å². The van der Waals surface area contributed by atoms with Gasteiger partial charge in [0.1, 0.15) is 5.82 Å². The SMILES string of the molecule is COc1cc2nc(CCN)n(CC(O)CO)c2cc1OC. The second kappa shape index (κ2) is 6.75. The molecule has 1 heterocycles. The summed E-state index contributed by atoms with van der Waals surface area (Å²) in [6.45, 7) is 0.389. The molecular weight excluding hydrogens is 274 g/mol. The minimum Gasteiger partial charge on any atom is -0.493 e. The van der Waals surface area contributed by atoms with Crippen molar-refractivity contribution in [3.8, 4) is 11.5 Å². The maximum Gasteiger partial charge on any atom is 0.163 e. The minimum atomic E-state index is -0.855. The summed E-state index contributed by atoms with van der Waals surface area (Å²) in [5.74, 6) is 1.94. The largest absolute Gasteiger partial charge is 0.493 e. The molecule has 1 unspecified atom stereocenters. The first kappa shape index (κ1) is 15.6. The maximum atomic E-state index is 9.72. The lowest BCUT2D eigenvalue weighted by Gasteiger charge is -2.13. The third-order valence-corrected chi connectivity index (χ3v) is 3.30. The normalized spacial score (nSPS) is 12.6. The van der Waals surface area contributed by atoms with Crippen molar-refractivity contribution in [3.63, 3.8) is 0 Å². The van der Waals surface area contributed by atoms with E-state index in [-0.39, 0.29) is 13.2 Å². The molecule has 1 aromatic heterocycles. The molecule has 0 amide bonds. The molecule has 0 fully saturated rings. The second-order valence-corrected chi connectivity index (χ2v) is 4.71. The topological polar surface area (TPSA) is 103 Å². The van der Waals surface area contributed by atoms with E-state index in [1.807, 2.05) is 10.6 Å². The van der Waals surface area contributed by atoms with Crippen LogP contribution in [0.15, 0.2) is 12.1 Å². The average Bonchev–Trinajstić information content (AvgIpc) is 2.82. The number of aliphatic hydroxyl groups is 2. The van der Waals surface area contributed by atoms with Gasteiger partial charge >= 0.3 is 0 Å². The number of nitrogens with two attached hydrogens (primary N) is 1. The Bertz CT molecular complexity index is 612. The third kappa shape index (κ3) is 3.10. The second-order valence-electron chi connectivity index (χ2n) is 4.71. The van der Waals surface area contributed by atoms with E-state index in [0.717, 1.165) is 16.9 Å². The van der Waals surface area contributed by atoms with Crippen molar-refractivity contribution in [2.24, 2.45) is 5.73 Å². The molecule has 1 aromatic carbocycles. The van der Waals surface area contributed by atoms with E-state index in [1.54, 1.807) is 20.3 Å². The Balaban J connectivity index is 2.58. The van der Waals surface area contributed by atoms with E-state index in [9.17, 15) is 5.11 Å². The number of rotatable bonds is 7. The number of aliphatic hydroxyl groups excluding tert-OH is 2. The van der Waals surface area contributed by atoms with Crippen LogP contribution in [0.1, 0.15) is 5.82 Å². The number of aromatic nitrogens is 2. The van der Waals surface area contributed by atoms with Crippen LogP contribution in [0.4, 0.5) is 0 Å². The summed E-state index contributed by atoms with van der Waals surface area (Å²) in [5.41, 5.74) is 7.16. The maximum absolute atomic E-state index is 9.72. The molecule has 1 atom stereocenters. The highest BCUT2D eigenvalue weighted by molar-refractivity contribution is 5.80. The zero-order valence-electron chi connectivity index (χ0n) is 12.2. The van der Waals surface area contributed by atoms with E-state index in [2.05, 4.69) is 4.98 Å². The zero-order valence-corrected chi connectivity index (χ0v) is 12.2. The molecule has 0 aliphatic heterocycles. The fraction of sp³-hybridized carbons (Fsp3) is 0.500. The summed E-state index contributed by atoms with van der Waals surface area (Å²) in [6.07, 6.45) is -0.274. The van der Waals surface area contributed by atoms with Crippen LogP contribution in [-0.4, -0.2) is 53.2 Å². The van der Waals surface area contributed by atoms with Gasteiger partial charge in [-0.25, -0.2) is 4.98 Å².